The Morgan fingerprint density at radius 2 is 2.14 bits per heavy atom. The zero-order valence-corrected chi connectivity index (χ0v) is 13.5. The Balaban J connectivity index is 1.95. The number of aromatic nitrogens is 3. The highest BCUT2D eigenvalue weighted by Gasteiger charge is 2.29. The monoisotopic (exact) mass is 316 g/mol. The van der Waals surface area contributed by atoms with Gasteiger partial charge in [-0.3, -0.25) is 14.2 Å². The first-order chi connectivity index (χ1) is 10.5. The number of hydrogen-bond acceptors (Lipinski definition) is 5. The van der Waals surface area contributed by atoms with E-state index < -0.39 is 0 Å². The van der Waals surface area contributed by atoms with Crippen LogP contribution >= 0.6 is 11.8 Å². The van der Waals surface area contributed by atoms with E-state index in [0.717, 1.165) is 0 Å². The quantitative estimate of drug-likeness (QED) is 0.783. The summed E-state index contributed by atoms with van der Waals surface area (Å²) in [5.41, 5.74) is 1.80. The molecule has 0 spiro atoms. The highest BCUT2D eigenvalue weighted by molar-refractivity contribution is 7.98. The zero-order chi connectivity index (χ0) is 15.9. The van der Waals surface area contributed by atoms with Gasteiger partial charge in [0.15, 0.2) is 0 Å². The van der Waals surface area contributed by atoms with E-state index in [1.165, 1.54) is 16.3 Å². The van der Waals surface area contributed by atoms with Crippen molar-refractivity contribution in [3.8, 4) is 0 Å². The number of pyridine rings is 1. The third-order valence-electron chi connectivity index (χ3n) is 3.87. The largest absolute Gasteiger partial charge is 0.328 e. The van der Waals surface area contributed by atoms with E-state index in [1.54, 1.807) is 37.2 Å². The van der Waals surface area contributed by atoms with Gasteiger partial charge in [-0.25, -0.2) is 9.97 Å². The van der Waals surface area contributed by atoms with Crippen LogP contribution in [0.3, 0.4) is 0 Å². The van der Waals surface area contributed by atoms with Gasteiger partial charge in [-0.2, -0.15) is 0 Å². The van der Waals surface area contributed by atoms with Crippen LogP contribution in [0.2, 0.25) is 0 Å². The molecule has 3 heterocycles. The molecule has 2 aromatic heterocycles. The molecule has 0 saturated carbocycles. The summed E-state index contributed by atoms with van der Waals surface area (Å²) >= 11 is 1.43. The molecule has 6 nitrogen and oxygen atoms in total. The third-order valence-corrected chi connectivity index (χ3v) is 4.58. The van der Waals surface area contributed by atoms with Crippen molar-refractivity contribution >= 4 is 17.7 Å². The number of nitrogens with zero attached hydrogens (tertiary/aromatic N) is 4. The van der Waals surface area contributed by atoms with Crippen LogP contribution in [-0.4, -0.2) is 31.6 Å². The average Bonchev–Trinajstić information content (AvgIpc) is 2.96. The summed E-state index contributed by atoms with van der Waals surface area (Å²) < 4.78 is 1.52. The van der Waals surface area contributed by atoms with Gasteiger partial charge in [-0.05, 0) is 25.3 Å². The SMILES string of the molecule is CSc1ncccc1C(=O)N1Cc2nc(C)n(C)c(=O)c2C1. The lowest BCUT2D eigenvalue weighted by atomic mass is 10.2. The highest BCUT2D eigenvalue weighted by atomic mass is 32.2. The molecule has 22 heavy (non-hydrogen) atoms. The van der Waals surface area contributed by atoms with E-state index in [4.69, 9.17) is 0 Å². The van der Waals surface area contributed by atoms with Gasteiger partial charge < -0.3 is 4.90 Å². The van der Waals surface area contributed by atoms with Crippen LogP contribution in [0.1, 0.15) is 27.4 Å². The fourth-order valence-electron chi connectivity index (χ4n) is 2.56. The molecule has 0 saturated heterocycles. The molecule has 1 aliphatic heterocycles. The van der Waals surface area contributed by atoms with Crippen LogP contribution in [0.15, 0.2) is 28.2 Å². The van der Waals surface area contributed by atoms with Crippen LogP contribution < -0.4 is 5.56 Å². The number of carbonyl (C=O) groups excluding carboxylic acids is 1. The van der Waals surface area contributed by atoms with Crippen molar-refractivity contribution in [2.45, 2.75) is 25.0 Å². The maximum Gasteiger partial charge on any atom is 0.258 e. The van der Waals surface area contributed by atoms with E-state index in [9.17, 15) is 9.59 Å². The van der Waals surface area contributed by atoms with Gasteiger partial charge in [0.2, 0.25) is 0 Å². The summed E-state index contributed by atoms with van der Waals surface area (Å²) in [7, 11) is 1.70. The van der Waals surface area contributed by atoms with Crippen molar-refractivity contribution < 1.29 is 4.79 Å². The predicted octanol–water partition coefficient (Wildman–Crippen LogP) is 1.36. The number of rotatable bonds is 2. The Bertz CT molecular complexity index is 816. The topological polar surface area (TPSA) is 68.1 Å². The molecule has 7 heteroatoms. The van der Waals surface area contributed by atoms with Gasteiger partial charge >= 0.3 is 0 Å². The van der Waals surface area contributed by atoms with E-state index in [2.05, 4.69) is 9.97 Å². The van der Waals surface area contributed by atoms with E-state index >= 15 is 0 Å². The van der Waals surface area contributed by atoms with Gasteiger partial charge in [-0.15, -0.1) is 11.8 Å². The Morgan fingerprint density at radius 1 is 1.36 bits per heavy atom. The maximum absolute atomic E-state index is 12.7. The molecular weight excluding hydrogens is 300 g/mol. The Labute approximate surface area is 132 Å². The van der Waals surface area contributed by atoms with Crippen molar-refractivity contribution in [3.05, 3.63) is 51.3 Å². The number of hydrogen-bond donors (Lipinski definition) is 0. The van der Waals surface area contributed by atoms with E-state index in [1.807, 2.05) is 6.26 Å². The van der Waals surface area contributed by atoms with Crippen molar-refractivity contribution in [3.63, 3.8) is 0 Å². The van der Waals surface area contributed by atoms with Gasteiger partial charge in [0.1, 0.15) is 10.9 Å². The van der Waals surface area contributed by atoms with Gasteiger partial charge in [-0.1, -0.05) is 0 Å². The molecule has 2 aromatic rings. The maximum atomic E-state index is 12.7. The van der Waals surface area contributed by atoms with Gasteiger partial charge in [0.25, 0.3) is 11.5 Å². The van der Waals surface area contributed by atoms with Crippen molar-refractivity contribution in [1.82, 2.24) is 19.4 Å². The number of amides is 1. The van der Waals surface area contributed by atoms with Gasteiger partial charge in [0.05, 0.1) is 29.9 Å². The molecule has 0 unspecified atom stereocenters. The smallest absolute Gasteiger partial charge is 0.258 e. The minimum atomic E-state index is -0.116. The fraction of sp³-hybridized carbons (Fsp3) is 0.333. The molecule has 114 valence electrons. The summed E-state index contributed by atoms with van der Waals surface area (Å²) in [4.78, 5) is 35.3. The summed E-state index contributed by atoms with van der Waals surface area (Å²) in [6.07, 6.45) is 3.56. The van der Waals surface area contributed by atoms with Crippen LogP contribution in [0, 0.1) is 6.92 Å². The van der Waals surface area contributed by atoms with Crippen LogP contribution in [0.25, 0.3) is 0 Å². The second-order valence-corrected chi connectivity index (χ2v) is 5.96. The fourth-order valence-corrected chi connectivity index (χ4v) is 3.10. The molecule has 0 N–H and O–H groups in total. The van der Waals surface area contributed by atoms with Gasteiger partial charge in [0, 0.05) is 13.2 Å². The number of carbonyl (C=O) groups is 1. The lowest BCUT2D eigenvalue weighted by molar-refractivity contribution is 0.0746. The standard InChI is InChI=1S/C15H16N4O2S/c1-9-17-12-8-19(7-11(12)14(20)18(9)2)15(21)10-5-4-6-16-13(10)22-3/h4-6H,7-8H2,1-3H3. The molecule has 1 amide bonds. The molecule has 0 radical (unpaired) electrons. The van der Waals surface area contributed by atoms with Crippen molar-refractivity contribution in [2.75, 3.05) is 6.26 Å². The molecule has 0 atom stereocenters. The van der Waals surface area contributed by atoms with E-state index in [0.29, 0.717) is 40.8 Å². The molecule has 3 rings (SSSR count). The molecule has 1 aliphatic rings. The normalized spacial score (nSPS) is 13.3. The summed E-state index contributed by atoms with van der Waals surface area (Å²) in [5.74, 6) is 0.541. The lowest BCUT2D eigenvalue weighted by Gasteiger charge is -2.16. The first kappa shape index (κ1) is 14.8. The first-order valence-corrected chi connectivity index (χ1v) is 8.09. The molecule has 0 aliphatic carbocycles. The number of thioether (sulfide) groups is 1. The molecular formula is C15H16N4O2S. The predicted molar refractivity (Wildman–Crippen MR) is 83.8 cm³/mol. The van der Waals surface area contributed by atoms with E-state index in [-0.39, 0.29) is 11.5 Å². The second-order valence-electron chi connectivity index (χ2n) is 5.17. The second kappa shape index (κ2) is 5.57. The zero-order valence-electron chi connectivity index (χ0n) is 12.7. The first-order valence-electron chi connectivity index (χ1n) is 6.86. The third kappa shape index (κ3) is 2.31. The number of fused-ring (bicyclic) bond motifs is 1. The summed E-state index contributed by atoms with van der Waals surface area (Å²) in [5, 5.41) is 0.695. The van der Waals surface area contributed by atoms with Crippen molar-refractivity contribution in [2.24, 2.45) is 7.05 Å². The molecule has 0 fully saturated rings. The minimum Gasteiger partial charge on any atom is -0.328 e. The van der Waals surface area contributed by atoms with Crippen LogP contribution in [0.4, 0.5) is 0 Å². The minimum absolute atomic E-state index is 0.0749. The summed E-state index contributed by atoms with van der Waals surface area (Å²) in [6.45, 7) is 2.46. The average molecular weight is 316 g/mol. The Hall–Kier alpha value is -2.15. The van der Waals surface area contributed by atoms with Crippen LogP contribution in [-0.2, 0) is 20.1 Å². The van der Waals surface area contributed by atoms with Crippen LogP contribution in [0.5, 0.6) is 0 Å². The molecule has 0 bridgehead atoms. The highest BCUT2D eigenvalue weighted by Crippen LogP contribution is 2.24. The number of aryl methyl sites for hydroxylation is 1. The molecule has 0 aromatic carbocycles. The Morgan fingerprint density at radius 3 is 2.86 bits per heavy atom. The lowest BCUT2D eigenvalue weighted by Crippen LogP contribution is -2.28. The Kier molecular flexibility index (Phi) is 3.74. The van der Waals surface area contributed by atoms with Crippen molar-refractivity contribution in [1.29, 1.82) is 0 Å². The summed E-state index contributed by atoms with van der Waals surface area (Å²) in [6, 6.07) is 3.51.